The fourth-order valence-corrected chi connectivity index (χ4v) is 2.56. The lowest BCUT2D eigenvalue weighted by Crippen LogP contribution is -2.40. The molecule has 0 atom stereocenters. The van der Waals surface area contributed by atoms with Crippen molar-refractivity contribution in [1.82, 2.24) is 15.2 Å². The van der Waals surface area contributed by atoms with Gasteiger partial charge in [0.05, 0.1) is 19.8 Å². The van der Waals surface area contributed by atoms with E-state index in [2.05, 4.69) is 29.2 Å². The Morgan fingerprint density at radius 3 is 2.65 bits per heavy atom. The van der Waals surface area contributed by atoms with Crippen molar-refractivity contribution < 1.29 is 9.47 Å². The molecule has 2 aliphatic carbocycles. The molecule has 2 fully saturated rings. The molecule has 2 aliphatic rings. The number of hydrogen-bond acceptors (Lipinski definition) is 4. The Bertz CT molecular complexity index is 568. The Labute approximate surface area is 157 Å². The number of hydrogen-bond donors (Lipinski definition) is 1. The third kappa shape index (κ3) is 6.83. The van der Waals surface area contributed by atoms with Crippen LogP contribution in [0.4, 0.5) is 0 Å². The standard InChI is InChI=1S/C20H32N4O2/c1-3-21-20(24(2)10-11-25-14-16-4-5-16)23-13-18-8-9-19(22-12-18)26-15-17-6-7-17/h8-9,12,16-17H,3-7,10-11,13-15H2,1-2H3,(H,21,23). The SMILES string of the molecule is CCNC(=NCc1ccc(OCC2CC2)nc1)N(C)CCOCC1CC1. The number of aliphatic imine (C=N–C) groups is 1. The first-order valence-electron chi connectivity index (χ1n) is 9.89. The minimum Gasteiger partial charge on any atom is -0.477 e. The van der Waals surface area contributed by atoms with Crippen LogP contribution in [0.2, 0.25) is 0 Å². The van der Waals surface area contributed by atoms with Crippen molar-refractivity contribution in [2.45, 2.75) is 39.2 Å². The van der Waals surface area contributed by atoms with Crippen molar-refractivity contribution in [1.29, 1.82) is 0 Å². The van der Waals surface area contributed by atoms with Crippen molar-refractivity contribution in [3.63, 3.8) is 0 Å². The number of aromatic nitrogens is 1. The second-order valence-corrected chi connectivity index (χ2v) is 7.37. The molecular formula is C20H32N4O2. The molecule has 0 bridgehead atoms. The van der Waals surface area contributed by atoms with Crippen LogP contribution in [-0.4, -0.2) is 55.8 Å². The second kappa shape index (κ2) is 9.76. The third-order valence-corrected chi connectivity index (χ3v) is 4.69. The van der Waals surface area contributed by atoms with Crippen LogP contribution in [0.3, 0.4) is 0 Å². The maximum atomic E-state index is 5.73. The van der Waals surface area contributed by atoms with E-state index in [1.807, 2.05) is 18.3 Å². The summed E-state index contributed by atoms with van der Waals surface area (Å²) in [7, 11) is 2.05. The van der Waals surface area contributed by atoms with Gasteiger partial charge in [-0.1, -0.05) is 6.07 Å². The molecule has 0 radical (unpaired) electrons. The van der Waals surface area contributed by atoms with Crippen molar-refractivity contribution in [3.05, 3.63) is 23.9 Å². The van der Waals surface area contributed by atoms with Gasteiger partial charge < -0.3 is 19.7 Å². The van der Waals surface area contributed by atoms with Crippen molar-refractivity contribution in [2.24, 2.45) is 16.8 Å². The Kier molecular flexibility index (Phi) is 7.12. The molecular weight excluding hydrogens is 328 g/mol. The summed E-state index contributed by atoms with van der Waals surface area (Å²) < 4.78 is 11.4. The molecule has 26 heavy (non-hydrogen) atoms. The average molecular weight is 361 g/mol. The highest BCUT2D eigenvalue weighted by molar-refractivity contribution is 5.79. The van der Waals surface area contributed by atoms with Gasteiger partial charge in [0.15, 0.2) is 5.96 Å². The number of nitrogens with zero attached hydrogens (tertiary/aromatic N) is 3. The molecule has 1 aromatic heterocycles. The van der Waals surface area contributed by atoms with Gasteiger partial charge >= 0.3 is 0 Å². The van der Waals surface area contributed by atoms with E-state index in [0.717, 1.165) is 56.3 Å². The largest absolute Gasteiger partial charge is 0.477 e. The number of likely N-dealkylation sites (N-methyl/N-ethyl adjacent to an activating group) is 1. The molecule has 144 valence electrons. The molecule has 0 saturated heterocycles. The Morgan fingerprint density at radius 1 is 1.23 bits per heavy atom. The highest BCUT2D eigenvalue weighted by Gasteiger charge is 2.22. The molecule has 0 amide bonds. The topological polar surface area (TPSA) is 59.0 Å². The molecule has 0 unspecified atom stereocenters. The minimum absolute atomic E-state index is 0.603. The molecule has 0 aliphatic heterocycles. The lowest BCUT2D eigenvalue weighted by atomic mass is 10.3. The Balaban J connectivity index is 1.43. The lowest BCUT2D eigenvalue weighted by Gasteiger charge is -2.22. The number of nitrogens with one attached hydrogen (secondary N) is 1. The number of ether oxygens (including phenoxy) is 2. The van der Waals surface area contributed by atoms with Gasteiger partial charge in [0, 0.05) is 39.0 Å². The molecule has 1 heterocycles. The minimum atomic E-state index is 0.603. The van der Waals surface area contributed by atoms with Crippen LogP contribution >= 0.6 is 0 Å². The summed E-state index contributed by atoms with van der Waals surface area (Å²) in [6, 6.07) is 3.98. The highest BCUT2D eigenvalue weighted by Crippen LogP contribution is 2.29. The number of pyridine rings is 1. The molecule has 1 aromatic rings. The van der Waals surface area contributed by atoms with E-state index in [-0.39, 0.29) is 0 Å². The van der Waals surface area contributed by atoms with E-state index in [9.17, 15) is 0 Å². The normalized spacial score (nSPS) is 17.2. The Hall–Kier alpha value is -1.82. The third-order valence-electron chi connectivity index (χ3n) is 4.69. The first-order valence-corrected chi connectivity index (χ1v) is 9.89. The fourth-order valence-electron chi connectivity index (χ4n) is 2.56. The summed E-state index contributed by atoms with van der Waals surface area (Å²) in [5.41, 5.74) is 1.08. The van der Waals surface area contributed by atoms with Crippen LogP contribution < -0.4 is 10.1 Å². The van der Waals surface area contributed by atoms with E-state index in [1.165, 1.54) is 25.7 Å². The van der Waals surface area contributed by atoms with E-state index < -0.39 is 0 Å². The summed E-state index contributed by atoms with van der Waals surface area (Å²) in [5.74, 6) is 3.16. The van der Waals surface area contributed by atoms with Crippen molar-refractivity contribution in [3.8, 4) is 5.88 Å². The number of rotatable bonds is 11. The van der Waals surface area contributed by atoms with Crippen LogP contribution in [0.25, 0.3) is 0 Å². The van der Waals surface area contributed by atoms with Crippen LogP contribution in [0.15, 0.2) is 23.3 Å². The predicted molar refractivity (Wildman–Crippen MR) is 103 cm³/mol. The van der Waals surface area contributed by atoms with E-state index in [1.54, 1.807) is 0 Å². The lowest BCUT2D eigenvalue weighted by molar-refractivity contribution is 0.115. The van der Waals surface area contributed by atoms with Gasteiger partial charge in [-0.25, -0.2) is 9.98 Å². The van der Waals surface area contributed by atoms with Gasteiger partial charge in [0.1, 0.15) is 0 Å². The molecule has 3 rings (SSSR count). The van der Waals surface area contributed by atoms with Crippen LogP contribution in [0.1, 0.15) is 38.2 Å². The maximum absolute atomic E-state index is 5.73. The molecule has 2 saturated carbocycles. The van der Waals surface area contributed by atoms with Crippen LogP contribution in [0, 0.1) is 11.8 Å². The van der Waals surface area contributed by atoms with Crippen molar-refractivity contribution in [2.75, 3.05) is 40.0 Å². The molecule has 6 nitrogen and oxygen atoms in total. The smallest absolute Gasteiger partial charge is 0.213 e. The molecule has 0 spiro atoms. The molecule has 6 heteroatoms. The Morgan fingerprint density at radius 2 is 2.00 bits per heavy atom. The van der Waals surface area contributed by atoms with Gasteiger partial charge in [-0.2, -0.15) is 0 Å². The van der Waals surface area contributed by atoms with E-state index >= 15 is 0 Å². The highest BCUT2D eigenvalue weighted by atomic mass is 16.5. The fraction of sp³-hybridized carbons (Fsp3) is 0.700. The zero-order chi connectivity index (χ0) is 18.2. The monoisotopic (exact) mass is 360 g/mol. The van der Waals surface area contributed by atoms with Gasteiger partial charge in [-0.15, -0.1) is 0 Å². The average Bonchev–Trinajstić information content (AvgIpc) is 3.56. The molecule has 1 N–H and O–H groups in total. The van der Waals surface area contributed by atoms with Crippen LogP contribution in [-0.2, 0) is 11.3 Å². The van der Waals surface area contributed by atoms with Crippen LogP contribution in [0.5, 0.6) is 5.88 Å². The predicted octanol–water partition coefficient (Wildman–Crippen LogP) is 2.69. The summed E-state index contributed by atoms with van der Waals surface area (Å²) >= 11 is 0. The second-order valence-electron chi connectivity index (χ2n) is 7.37. The summed E-state index contributed by atoms with van der Waals surface area (Å²) in [4.78, 5) is 11.2. The zero-order valence-electron chi connectivity index (χ0n) is 16.1. The van der Waals surface area contributed by atoms with Gasteiger partial charge in [-0.05, 0) is 50.0 Å². The number of guanidine groups is 1. The van der Waals surface area contributed by atoms with E-state index in [0.29, 0.717) is 12.4 Å². The first kappa shape index (κ1) is 19.0. The molecule has 0 aromatic carbocycles. The van der Waals surface area contributed by atoms with Crippen molar-refractivity contribution >= 4 is 5.96 Å². The summed E-state index contributed by atoms with van der Waals surface area (Å²) in [6.07, 6.45) is 7.10. The maximum Gasteiger partial charge on any atom is 0.213 e. The van der Waals surface area contributed by atoms with E-state index in [4.69, 9.17) is 14.5 Å². The van der Waals surface area contributed by atoms with Gasteiger partial charge in [0.25, 0.3) is 0 Å². The zero-order valence-corrected chi connectivity index (χ0v) is 16.1. The van der Waals surface area contributed by atoms with Gasteiger partial charge in [0.2, 0.25) is 5.88 Å². The summed E-state index contributed by atoms with van der Waals surface area (Å²) in [6.45, 7) is 6.81. The summed E-state index contributed by atoms with van der Waals surface area (Å²) in [5, 5.41) is 3.34. The first-order chi connectivity index (χ1) is 12.7. The van der Waals surface area contributed by atoms with Gasteiger partial charge in [-0.3, -0.25) is 0 Å². The quantitative estimate of drug-likeness (QED) is 0.373.